The highest BCUT2D eigenvalue weighted by Crippen LogP contribution is 2.23. The first-order valence-electron chi connectivity index (χ1n) is 5.98. The van der Waals surface area contributed by atoms with Crippen molar-refractivity contribution in [2.45, 2.75) is 13.0 Å². The zero-order chi connectivity index (χ0) is 13.1. The van der Waals surface area contributed by atoms with E-state index in [1.165, 1.54) is 10.8 Å². The molecule has 1 atom stereocenters. The van der Waals surface area contributed by atoms with Crippen LogP contribution in [0.3, 0.4) is 0 Å². The summed E-state index contributed by atoms with van der Waals surface area (Å²) in [6.45, 7) is 2.07. The second-order valence-electron chi connectivity index (χ2n) is 4.59. The number of likely N-dealkylation sites (N-methyl/N-ethyl adjacent to an activating group) is 1. The molecular weight excluding hydrogens is 226 g/mol. The smallest absolute Gasteiger partial charge is 0.317 e. The Balaban J connectivity index is 2.27. The number of hydrogen-bond acceptors (Lipinski definition) is 2. The Morgan fingerprint density at radius 3 is 2.56 bits per heavy atom. The highest BCUT2D eigenvalue weighted by Gasteiger charge is 2.14. The predicted molar refractivity (Wildman–Crippen MR) is 72.6 cm³/mol. The number of benzene rings is 2. The molecule has 0 fully saturated rings. The molecule has 3 heteroatoms. The van der Waals surface area contributed by atoms with Gasteiger partial charge in [-0.3, -0.25) is 9.69 Å². The summed E-state index contributed by atoms with van der Waals surface area (Å²) < 4.78 is 0. The monoisotopic (exact) mass is 243 g/mol. The maximum atomic E-state index is 10.7. The molecule has 2 aromatic carbocycles. The van der Waals surface area contributed by atoms with Gasteiger partial charge in [-0.1, -0.05) is 36.4 Å². The fraction of sp³-hybridized carbons (Fsp3) is 0.267. The van der Waals surface area contributed by atoms with Gasteiger partial charge in [-0.25, -0.2) is 0 Å². The maximum absolute atomic E-state index is 10.7. The van der Waals surface area contributed by atoms with Crippen LogP contribution in [-0.2, 0) is 4.79 Å². The lowest BCUT2D eigenvalue weighted by atomic mass is 10.0. The molecule has 0 amide bonds. The summed E-state index contributed by atoms with van der Waals surface area (Å²) in [5.74, 6) is -0.801. The van der Waals surface area contributed by atoms with Gasteiger partial charge in [0.1, 0.15) is 0 Å². The summed E-state index contributed by atoms with van der Waals surface area (Å²) >= 11 is 0. The zero-order valence-corrected chi connectivity index (χ0v) is 10.6. The van der Waals surface area contributed by atoms with Crippen LogP contribution in [0.1, 0.15) is 18.5 Å². The fourth-order valence-corrected chi connectivity index (χ4v) is 2.07. The first-order chi connectivity index (χ1) is 8.58. The predicted octanol–water partition coefficient (Wildman–Crippen LogP) is 2.92. The third-order valence-corrected chi connectivity index (χ3v) is 3.30. The Kier molecular flexibility index (Phi) is 3.63. The summed E-state index contributed by atoms with van der Waals surface area (Å²) in [5.41, 5.74) is 1.14. The van der Waals surface area contributed by atoms with Gasteiger partial charge in [0.05, 0.1) is 6.54 Å². The summed E-state index contributed by atoms with van der Waals surface area (Å²) in [4.78, 5) is 12.5. The highest BCUT2D eigenvalue weighted by molar-refractivity contribution is 5.83. The largest absolute Gasteiger partial charge is 0.480 e. The lowest BCUT2D eigenvalue weighted by Crippen LogP contribution is -2.28. The Morgan fingerprint density at radius 1 is 1.22 bits per heavy atom. The van der Waals surface area contributed by atoms with E-state index in [0.29, 0.717) is 0 Å². The van der Waals surface area contributed by atoms with Crippen molar-refractivity contribution in [1.82, 2.24) is 4.90 Å². The van der Waals surface area contributed by atoms with Crippen molar-refractivity contribution in [1.29, 1.82) is 0 Å². The molecule has 2 rings (SSSR count). The van der Waals surface area contributed by atoms with E-state index in [1.807, 2.05) is 31.0 Å². The van der Waals surface area contributed by atoms with E-state index in [2.05, 4.69) is 30.3 Å². The van der Waals surface area contributed by atoms with Crippen LogP contribution in [0.5, 0.6) is 0 Å². The van der Waals surface area contributed by atoms with Crippen LogP contribution in [0.25, 0.3) is 10.8 Å². The molecular formula is C15H17NO2. The minimum Gasteiger partial charge on any atom is -0.480 e. The zero-order valence-electron chi connectivity index (χ0n) is 10.6. The molecule has 0 saturated heterocycles. The number of carboxylic acids is 1. The lowest BCUT2D eigenvalue weighted by Gasteiger charge is -2.23. The molecule has 0 heterocycles. The average molecular weight is 243 g/mol. The third kappa shape index (κ3) is 2.68. The van der Waals surface area contributed by atoms with Crippen molar-refractivity contribution in [3.8, 4) is 0 Å². The lowest BCUT2D eigenvalue weighted by molar-refractivity contribution is -0.138. The van der Waals surface area contributed by atoms with Crippen molar-refractivity contribution >= 4 is 16.7 Å². The van der Waals surface area contributed by atoms with Crippen LogP contribution in [0.2, 0.25) is 0 Å². The maximum Gasteiger partial charge on any atom is 0.317 e. The van der Waals surface area contributed by atoms with E-state index < -0.39 is 5.97 Å². The molecule has 0 spiro atoms. The van der Waals surface area contributed by atoms with Gasteiger partial charge in [0.2, 0.25) is 0 Å². The number of rotatable bonds is 4. The van der Waals surface area contributed by atoms with Crippen molar-refractivity contribution in [3.63, 3.8) is 0 Å². The van der Waals surface area contributed by atoms with E-state index >= 15 is 0 Å². The Bertz CT molecular complexity index is 565. The van der Waals surface area contributed by atoms with Crippen molar-refractivity contribution < 1.29 is 9.90 Å². The Hall–Kier alpha value is -1.87. The van der Waals surface area contributed by atoms with Crippen LogP contribution < -0.4 is 0 Å². The average Bonchev–Trinajstić information content (AvgIpc) is 2.36. The van der Waals surface area contributed by atoms with Gasteiger partial charge in [-0.05, 0) is 36.4 Å². The first kappa shape index (κ1) is 12.6. The number of fused-ring (bicyclic) bond motifs is 1. The summed E-state index contributed by atoms with van der Waals surface area (Å²) in [6.07, 6.45) is 0. The molecule has 2 aromatic rings. The van der Waals surface area contributed by atoms with Gasteiger partial charge < -0.3 is 5.11 Å². The standard InChI is InChI=1S/C15H17NO2/c1-11(16(2)10-15(17)18)13-8-7-12-5-3-4-6-14(12)9-13/h3-9,11H,10H2,1-2H3,(H,17,18). The minimum absolute atomic E-state index is 0.0496. The van der Waals surface area contributed by atoms with Crippen LogP contribution in [-0.4, -0.2) is 29.6 Å². The second-order valence-corrected chi connectivity index (χ2v) is 4.59. The van der Waals surface area contributed by atoms with Crippen molar-refractivity contribution in [2.24, 2.45) is 0 Å². The molecule has 0 aliphatic carbocycles. The first-order valence-corrected chi connectivity index (χ1v) is 5.98. The molecule has 0 radical (unpaired) electrons. The summed E-state index contributed by atoms with van der Waals surface area (Å²) in [5, 5.41) is 11.2. The number of nitrogens with zero attached hydrogens (tertiary/aromatic N) is 1. The van der Waals surface area contributed by atoms with Crippen LogP contribution in [0, 0.1) is 0 Å². The van der Waals surface area contributed by atoms with E-state index in [9.17, 15) is 4.79 Å². The van der Waals surface area contributed by atoms with E-state index in [4.69, 9.17) is 5.11 Å². The van der Waals surface area contributed by atoms with E-state index in [1.54, 1.807) is 0 Å². The number of hydrogen-bond donors (Lipinski definition) is 1. The van der Waals surface area contributed by atoms with Crippen LogP contribution >= 0.6 is 0 Å². The molecule has 3 nitrogen and oxygen atoms in total. The van der Waals surface area contributed by atoms with E-state index in [-0.39, 0.29) is 12.6 Å². The SMILES string of the molecule is CC(c1ccc2ccccc2c1)N(C)CC(=O)O. The molecule has 18 heavy (non-hydrogen) atoms. The van der Waals surface area contributed by atoms with Crippen molar-refractivity contribution in [2.75, 3.05) is 13.6 Å². The van der Waals surface area contributed by atoms with Gasteiger partial charge in [-0.15, -0.1) is 0 Å². The topological polar surface area (TPSA) is 40.5 Å². The van der Waals surface area contributed by atoms with Crippen molar-refractivity contribution in [3.05, 3.63) is 48.0 Å². The summed E-state index contributed by atoms with van der Waals surface area (Å²) in [6, 6.07) is 14.5. The Morgan fingerprint density at radius 2 is 1.89 bits per heavy atom. The second kappa shape index (κ2) is 5.19. The van der Waals surface area contributed by atoms with E-state index in [0.717, 1.165) is 5.56 Å². The normalized spacial score (nSPS) is 12.8. The number of carboxylic acid groups (broad SMARTS) is 1. The van der Waals surface area contributed by atoms with Gasteiger partial charge >= 0.3 is 5.97 Å². The van der Waals surface area contributed by atoms with Crippen LogP contribution in [0.15, 0.2) is 42.5 Å². The van der Waals surface area contributed by atoms with Gasteiger partial charge in [0.15, 0.2) is 0 Å². The molecule has 0 bridgehead atoms. The number of carbonyl (C=O) groups is 1. The molecule has 0 saturated carbocycles. The number of aliphatic carboxylic acids is 1. The molecule has 94 valence electrons. The summed E-state index contributed by atoms with van der Waals surface area (Å²) in [7, 11) is 1.83. The molecule has 0 aliphatic heterocycles. The Labute approximate surface area is 107 Å². The molecule has 0 aromatic heterocycles. The fourth-order valence-electron chi connectivity index (χ4n) is 2.07. The van der Waals surface area contributed by atoms with Crippen LogP contribution in [0.4, 0.5) is 0 Å². The van der Waals surface area contributed by atoms with Gasteiger partial charge in [0.25, 0.3) is 0 Å². The quantitative estimate of drug-likeness (QED) is 0.897. The van der Waals surface area contributed by atoms with Gasteiger partial charge in [-0.2, -0.15) is 0 Å². The molecule has 1 unspecified atom stereocenters. The molecule has 1 N–H and O–H groups in total. The van der Waals surface area contributed by atoms with Gasteiger partial charge in [0, 0.05) is 6.04 Å². The molecule has 0 aliphatic rings. The minimum atomic E-state index is -0.801. The third-order valence-electron chi connectivity index (χ3n) is 3.30. The highest BCUT2D eigenvalue weighted by atomic mass is 16.4.